The van der Waals surface area contributed by atoms with Crippen molar-refractivity contribution in [2.45, 2.75) is 12.8 Å². The fourth-order valence-corrected chi connectivity index (χ4v) is 1.23. The molecule has 0 saturated carbocycles. The molecule has 0 aliphatic rings. The average molecular weight is 143 g/mol. The molecule has 0 spiro atoms. The second kappa shape index (κ2) is 2.94. The van der Waals surface area contributed by atoms with E-state index in [1.54, 1.807) is 16.8 Å². The Bertz CT molecular complexity index is 162. The van der Waals surface area contributed by atoms with Crippen LogP contribution in [0.3, 0.4) is 0 Å². The number of hydrogen-bond acceptors (Lipinski definition) is 3. The molecule has 0 fully saturated rings. The van der Waals surface area contributed by atoms with Crippen molar-refractivity contribution in [1.29, 1.82) is 0 Å². The number of nitrogens with zero attached hydrogens (tertiary/aromatic N) is 1. The smallest absolute Gasteiger partial charge is 0.0794 e. The Morgan fingerprint density at radius 1 is 1.89 bits per heavy atom. The third-order valence-corrected chi connectivity index (χ3v) is 1.83. The summed E-state index contributed by atoms with van der Waals surface area (Å²) in [6.07, 6.45) is 0. The molecule has 0 saturated heterocycles. The highest BCUT2D eigenvalue weighted by molar-refractivity contribution is 7.07. The van der Waals surface area contributed by atoms with Gasteiger partial charge < -0.3 is 5.11 Å². The molecule has 1 unspecified atom stereocenters. The molecular weight excluding hydrogens is 134 g/mol. The first kappa shape index (κ1) is 6.71. The highest BCUT2D eigenvalue weighted by Gasteiger charge is 2.03. The second-order valence-corrected chi connectivity index (χ2v) is 2.72. The lowest BCUT2D eigenvalue weighted by Gasteiger charge is -2.00. The molecule has 3 heteroatoms. The molecule has 1 N–H and O–H groups in total. The van der Waals surface area contributed by atoms with Gasteiger partial charge in [-0.2, -0.15) is 0 Å². The standard InChI is InChI=1S/C6H9NOS/c1-5(2-8)6-3-9-4-7-6/h3-5,8H,2H2,1H3. The lowest BCUT2D eigenvalue weighted by molar-refractivity contribution is 0.271. The number of aromatic nitrogens is 1. The van der Waals surface area contributed by atoms with E-state index < -0.39 is 0 Å². The largest absolute Gasteiger partial charge is 0.396 e. The SMILES string of the molecule is CC(CO)c1cscn1. The molecular formula is C6H9NOS. The number of aliphatic hydroxyl groups is 1. The van der Waals surface area contributed by atoms with Gasteiger partial charge >= 0.3 is 0 Å². The zero-order valence-electron chi connectivity index (χ0n) is 5.24. The van der Waals surface area contributed by atoms with E-state index in [0.717, 1.165) is 5.69 Å². The van der Waals surface area contributed by atoms with Crippen LogP contribution < -0.4 is 0 Å². The number of rotatable bonds is 2. The molecule has 0 aromatic carbocycles. The normalized spacial score (nSPS) is 13.6. The molecule has 50 valence electrons. The zero-order chi connectivity index (χ0) is 6.69. The van der Waals surface area contributed by atoms with Gasteiger partial charge in [-0.25, -0.2) is 4.98 Å². The van der Waals surface area contributed by atoms with Gasteiger partial charge in [0, 0.05) is 11.3 Å². The highest BCUT2D eigenvalue weighted by atomic mass is 32.1. The number of hydrogen-bond donors (Lipinski definition) is 1. The third-order valence-electron chi connectivity index (χ3n) is 1.23. The molecule has 1 rings (SSSR count). The Balaban J connectivity index is 2.65. The minimum atomic E-state index is 0.184. The van der Waals surface area contributed by atoms with Crippen LogP contribution in [0.25, 0.3) is 0 Å². The first-order valence-electron chi connectivity index (χ1n) is 2.83. The topological polar surface area (TPSA) is 33.1 Å². The summed E-state index contributed by atoms with van der Waals surface area (Å²) >= 11 is 1.56. The predicted molar refractivity (Wildman–Crippen MR) is 37.6 cm³/mol. The fraction of sp³-hybridized carbons (Fsp3) is 0.500. The van der Waals surface area contributed by atoms with E-state index >= 15 is 0 Å². The van der Waals surface area contributed by atoms with Gasteiger partial charge in [0.15, 0.2) is 0 Å². The molecule has 0 amide bonds. The van der Waals surface area contributed by atoms with Crippen LogP contribution in [0.1, 0.15) is 18.5 Å². The summed E-state index contributed by atoms with van der Waals surface area (Å²) in [7, 11) is 0. The van der Waals surface area contributed by atoms with Gasteiger partial charge in [-0.05, 0) is 0 Å². The van der Waals surface area contributed by atoms with Gasteiger partial charge in [0.1, 0.15) is 0 Å². The van der Waals surface area contributed by atoms with Gasteiger partial charge in [0.2, 0.25) is 0 Å². The maximum Gasteiger partial charge on any atom is 0.0794 e. The van der Waals surface area contributed by atoms with Crippen LogP contribution in [0.4, 0.5) is 0 Å². The van der Waals surface area contributed by atoms with Gasteiger partial charge in [0.05, 0.1) is 17.8 Å². The van der Waals surface area contributed by atoms with Gasteiger partial charge in [-0.1, -0.05) is 6.92 Å². The van der Waals surface area contributed by atoms with Crippen LogP contribution in [0.2, 0.25) is 0 Å². The molecule has 1 aromatic heterocycles. The Kier molecular flexibility index (Phi) is 2.19. The summed E-state index contributed by atoms with van der Waals surface area (Å²) in [5.74, 6) is 0.191. The molecule has 1 aromatic rings. The first-order valence-corrected chi connectivity index (χ1v) is 3.78. The summed E-state index contributed by atoms with van der Waals surface area (Å²) in [6.45, 7) is 2.14. The van der Waals surface area contributed by atoms with E-state index in [1.807, 2.05) is 12.3 Å². The lowest BCUT2D eigenvalue weighted by Crippen LogP contribution is -1.97. The van der Waals surface area contributed by atoms with Gasteiger partial charge in [-0.3, -0.25) is 0 Å². The number of aliphatic hydroxyl groups excluding tert-OH is 1. The summed E-state index contributed by atoms with van der Waals surface area (Å²) in [4.78, 5) is 4.05. The number of thiazole rings is 1. The van der Waals surface area contributed by atoms with Crippen molar-refractivity contribution >= 4 is 11.3 Å². The summed E-state index contributed by atoms with van der Waals surface area (Å²) in [5.41, 5.74) is 2.77. The molecule has 1 atom stereocenters. The molecule has 0 aliphatic heterocycles. The first-order chi connectivity index (χ1) is 4.34. The van der Waals surface area contributed by atoms with E-state index in [4.69, 9.17) is 5.11 Å². The van der Waals surface area contributed by atoms with Crippen LogP contribution >= 0.6 is 11.3 Å². The van der Waals surface area contributed by atoms with E-state index in [9.17, 15) is 0 Å². The Labute approximate surface area is 58.2 Å². The van der Waals surface area contributed by atoms with Crippen molar-refractivity contribution in [3.8, 4) is 0 Å². The molecule has 0 bridgehead atoms. The lowest BCUT2D eigenvalue weighted by atomic mass is 10.1. The van der Waals surface area contributed by atoms with Crippen LogP contribution in [0.5, 0.6) is 0 Å². The van der Waals surface area contributed by atoms with Crippen molar-refractivity contribution < 1.29 is 5.11 Å². The zero-order valence-corrected chi connectivity index (χ0v) is 6.06. The Hall–Kier alpha value is -0.410. The van der Waals surface area contributed by atoms with Crippen molar-refractivity contribution in [3.05, 3.63) is 16.6 Å². The minimum absolute atomic E-state index is 0.184. The molecule has 0 radical (unpaired) electrons. The highest BCUT2D eigenvalue weighted by Crippen LogP contribution is 2.12. The van der Waals surface area contributed by atoms with Crippen molar-refractivity contribution in [2.24, 2.45) is 0 Å². The van der Waals surface area contributed by atoms with E-state index in [1.165, 1.54) is 0 Å². The van der Waals surface area contributed by atoms with Crippen molar-refractivity contribution in [2.75, 3.05) is 6.61 Å². The fourth-order valence-electron chi connectivity index (χ4n) is 0.559. The van der Waals surface area contributed by atoms with E-state index in [0.29, 0.717) is 0 Å². The summed E-state index contributed by atoms with van der Waals surface area (Å²) in [5, 5.41) is 10.6. The van der Waals surface area contributed by atoms with Gasteiger partial charge in [0.25, 0.3) is 0 Å². The van der Waals surface area contributed by atoms with Crippen LogP contribution in [-0.2, 0) is 0 Å². The van der Waals surface area contributed by atoms with Crippen LogP contribution in [0, 0.1) is 0 Å². The van der Waals surface area contributed by atoms with Crippen molar-refractivity contribution in [1.82, 2.24) is 4.98 Å². The maximum atomic E-state index is 8.67. The monoisotopic (exact) mass is 143 g/mol. The van der Waals surface area contributed by atoms with E-state index in [2.05, 4.69) is 4.98 Å². The molecule has 9 heavy (non-hydrogen) atoms. The summed E-state index contributed by atoms with van der Waals surface area (Å²) in [6, 6.07) is 0. The average Bonchev–Trinajstić information content (AvgIpc) is 2.37. The molecule has 2 nitrogen and oxygen atoms in total. The van der Waals surface area contributed by atoms with Gasteiger partial charge in [-0.15, -0.1) is 11.3 Å². The maximum absolute atomic E-state index is 8.67. The van der Waals surface area contributed by atoms with E-state index in [-0.39, 0.29) is 12.5 Å². The summed E-state index contributed by atoms with van der Waals surface area (Å²) < 4.78 is 0. The second-order valence-electron chi connectivity index (χ2n) is 2.00. The Morgan fingerprint density at radius 3 is 3.11 bits per heavy atom. The molecule has 1 heterocycles. The van der Waals surface area contributed by atoms with Crippen molar-refractivity contribution in [3.63, 3.8) is 0 Å². The van der Waals surface area contributed by atoms with Crippen LogP contribution in [-0.4, -0.2) is 16.7 Å². The molecule has 0 aliphatic carbocycles. The van der Waals surface area contributed by atoms with Crippen LogP contribution in [0.15, 0.2) is 10.9 Å². The third kappa shape index (κ3) is 1.50. The predicted octanol–water partition coefficient (Wildman–Crippen LogP) is 1.24. The quantitative estimate of drug-likeness (QED) is 0.675. The minimum Gasteiger partial charge on any atom is -0.396 e. The Morgan fingerprint density at radius 2 is 2.67 bits per heavy atom.